The van der Waals surface area contributed by atoms with Crippen LogP contribution >= 0.6 is 0 Å². The summed E-state index contributed by atoms with van der Waals surface area (Å²) in [5.74, 6) is 2.37. The van der Waals surface area contributed by atoms with Gasteiger partial charge >= 0.3 is 0 Å². The van der Waals surface area contributed by atoms with E-state index in [1.54, 1.807) is 19.3 Å². The third-order valence-electron chi connectivity index (χ3n) is 4.21. The van der Waals surface area contributed by atoms with Gasteiger partial charge in [0.2, 0.25) is 23.6 Å². The SMILES string of the molecule is COc1ccc(-c2nnc(/C=C/c3nnc(-c4cc(C)ccc4C)o3)o2)cc1. The molecule has 0 aliphatic heterocycles. The predicted molar refractivity (Wildman–Crippen MR) is 104 cm³/mol. The van der Waals surface area contributed by atoms with Gasteiger partial charge in [0.15, 0.2) is 0 Å². The van der Waals surface area contributed by atoms with Crippen LogP contribution in [0.2, 0.25) is 0 Å². The van der Waals surface area contributed by atoms with Gasteiger partial charge in [0.05, 0.1) is 7.11 Å². The van der Waals surface area contributed by atoms with E-state index in [0.717, 1.165) is 28.0 Å². The molecule has 0 bridgehead atoms. The first-order valence-corrected chi connectivity index (χ1v) is 8.69. The van der Waals surface area contributed by atoms with Crippen LogP contribution in [0.25, 0.3) is 35.1 Å². The van der Waals surface area contributed by atoms with Gasteiger partial charge in [0.1, 0.15) is 5.75 Å². The molecule has 0 radical (unpaired) electrons. The van der Waals surface area contributed by atoms with E-state index >= 15 is 0 Å². The van der Waals surface area contributed by atoms with Gasteiger partial charge in [-0.2, -0.15) is 0 Å². The number of aryl methyl sites for hydroxylation is 2. The van der Waals surface area contributed by atoms with Crippen LogP contribution in [0.3, 0.4) is 0 Å². The van der Waals surface area contributed by atoms with Crippen LogP contribution in [0.5, 0.6) is 5.75 Å². The van der Waals surface area contributed by atoms with E-state index in [4.69, 9.17) is 13.6 Å². The van der Waals surface area contributed by atoms with Crippen LogP contribution in [0, 0.1) is 13.8 Å². The lowest BCUT2D eigenvalue weighted by Gasteiger charge is -2.01. The molecule has 0 saturated heterocycles. The summed E-state index contributed by atoms with van der Waals surface area (Å²) >= 11 is 0. The van der Waals surface area contributed by atoms with Crippen molar-refractivity contribution >= 4 is 12.2 Å². The zero-order valence-corrected chi connectivity index (χ0v) is 15.7. The molecule has 0 aliphatic rings. The van der Waals surface area contributed by atoms with Crippen molar-refractivity contribution in [1.82, 2.24) is 20.4 Å². The topological polar surface area (TPSA) is 87.1 Å². The van der Waals surface area contributed by atoms with Crippen molar-refractivity contribution in [3.8, 4) is 28.7 Å². The number of benzene rings is 2. The molecule has 0 N–H and O–H groups in total. The predicted octanol–water partition coefficient (Wildman–Crippen LogP) is 4.58. The fraction of sp³-hybridized carbons (Fsp3) is 0.143. The van der Waals surface area contributed by atoms with Crippen LogP contribution in [-0.2, 0) is 0 Å². The monoisotopic (exact) mass is 374 g/mol. The first kappa shape index (κ1) is 17.7. The minimum Gasteiger partial charge on any atom is -0.497 e. The van der Waals surface area contributed by atoms with Crippen LogP contribution in [0.4, 0.5) is 0 Å². The Labute approximate surface area is 161 Å². The van der Waals surface area contributed by atoms with Crippen molar-refractivity contribution in [3.05, 3.63) is 65.4 Å². The van der Waals surface area contributed by atoms with Crippen LogP contribution in [0.1, 0.15) is 22.9 Å². The Hall–Kier alpha value is -3.74. The van der Waals surface area contributed by atoms with Crippen LogP contribution < -0.4 is 4.74 Å². The Balaban J connectivity index is 1.51. The molecule has 4 rings (SSSR count). The fourth-order valence-corrected chi connectivity index (χ4v) is 2.67. The van der Waals surface area contributed by atoms with E-state index in [0.29, 0.717) is 23.6 Å². The standard InChI is InChI=1S/C21H18N4O3/c1-13-4-5-14(2)17(12-13)21-25-23-19(28-21)11-10-18-22-24-20(27-18)15-6-8-16(26-3)9-7-15/h4-12H,1-3H3/b11-10+. The molecule has 2 aromatic heterocycles. The summed E-state index contributed by atoms with van der Waals surface area (Å²) in [5, 5.41) is 16.2. The molecule has 0 unspecified atom stereocenters. The molecule has 0 spiro atoms. The molecule has 0 fully saturated rings. The largest absolute Gasteiger partial charge is 0.497 e. The molecule has 140 valence electrons. The molecule has 7 nitrogen and oxygen atoms in total. The van der Waals surface area contributed by atoms with E-state index < -0.39 is 0 Å². The maximum atomic E-state index is 5.73. The molecular weight excluding hydrogens is 356 g/mol. The molecule has 28 heavy (non-hydrogen) atoms. The molecule has 2 heterocycles. The van der Waals surface area contributed by atoms with Gasteiger partial charge in [-0.05, 0) is 49.7 Å². The number of nitrogens with zero attached hydrogens (tertiary/aromatic N) is 4. The molecule has 0 atom stereocenters. The normalized spacial score (nSPS) is 11.2. The summed E-state index contributed by atoms with van der Waals surface area (Å²) in [6.07, 6.45) is 3.29. The smallest absolute Gasteiger partial charge is 0.248 e. The van der Waals surface area contributed by atoms with Gasteiger partial charge in [-0.3, -0.25) is 0 Å². The highest BCUT2D eigenvalue weighted by Crippen LogP contribution is 2.24. The summed E-state index contributed by atoms with van der Waals surface area (Å²) in [5.41, 5.74) is 3.94. The first-order chi connectivity index (χ1) is 13.6. The Morgan fingerprint density at radius 2 is 1.43 bits per heavy atom. The lowest BCUT2D eigenvalue weighted by molar-refractivity contribution is 0.415. The Morgan fingerprint density at radius 3 is 2.11 bits per heavy atom. The van der Waals surface area contributed by atoms with Gasteiger partial charge in [0, 0.05) is 23.3 Å². The van der Waals surface area contributed by atoms with E-state index in [-0.39, 0.29) is 0 Å². The van der Waals surface area contributed by atoms with Crippen molar-refractivity contribution in [2.45, 2.75) is 13.8 Å². The van der Waals surface area contributed by atoms with Crippen molar-refractivity contribution in [2.75, 3.05) is 7.11 Å². The van der Waals surface area contributed by atoms with E-state index in [2.05, 4.69) is 20.4 Å². The zero-order valence-electron chi connectivity index (χ0n) is 15.7. The lowest BCUT2D eigenvalue weighted by Crippen LogP contribution is -1.84. The highest BCUT2D eigenvalue weighted by atomic mass is 16.5. The summed E-state index contributed by atoms with van der Waals surface area (Å²) < 4.78 is 16.5. The second-order valence-electron chi connectivity index (χ2n) is 6.27. The van der Waals surface area contributed by atoms with Crippen LogP contribution in [-0.4, -0.2) is 27.5 Å². The average Bonchev–Trinajstić information content (AvgIpc) is 3.38. The number of ether oxygens (including phenoxy) is 1. The van der Waals surface area contributed by atoms with Gasteiger partial charge < -0.3 is 13.6 Å². The van der Waals surface area contributed by atoms with Crippen molar-refractivity contribution in [1.29, 1.82) is 0 Å². The minimum atomic E-state index is 0.345. The van der Waals surface area contributed by atoms with Gasteiger partial charge in [-0.1, -0.05) is 17.7 Å². The maximum Gasteiger partial charge on any atom is 0.248 e. The Morgan fingerprint density at radius 1 is 0.786 bits per heavy atom. The molecule has 4 aromatic rings. The van der Waals surface area contributed by atoms with Crippen molar-refractivity contribution in [2.24, 2.45) is 0 Å². The first-order valence-electron chi connectivity index (χ1n) is 8.69. The lowest BCUT2D eigenvalue weighted by atomic mass is 10.1. The highest BCUT2D eigenvalue weighted by Gasteiger charge is 2.11. The minimum absolute atomic E-state index is 0.345. The number of hydrogen-bond donors (Lipinski definition) is 0. The Kier molecular flexibility index (Phi) is 4.72. The quantitative estimate of drug-likeness (QED) is 0.505. The highest BCUT2D eigenvalue weighted by molar-refractivity contribution is 5.64. The molecule has 2 aromatic carbocycles. The summed E-state index contributed by atoms with van der Waals surface area (Å²) in [7, 11) is 1.62. The number of rotatable bonds is 5. The Bertz CT molecular complexity index is 1130. The molecule has 0 aliphatic carbocycles. The number of aromatic nitrogens is 4. The van der Waals surface area contributed by atoms with Gasteiger partial charge in [-0.15, -0.1) is 20.4 Å². The molecular formula is C21H18N4O3. The van der Waals surface area contributed by atoms with Gasteiger partial charge in [0.25, 0.3) is 0 Å². The third kappa shape index (κ3) is 3.68. The number of methoxy groups -OCH3 is 1. The zero-order chi connectivity index (χ0) is 19.5. The molecule has 0 amide bonds. The van der Waals surface area contributed by atoms with Crippen LogP contribution in [0.15, 0.2) is 51.3 Å². The van der Waals surface area contributed by atoms with Crippen molar-refractivity contribution in [3.63, 3.8) is 0 Å². The maximum absolute atomic E-state index is 5.73. The van der Waals surface area contributed by atoms with E-state index in [1.165, 1.54) is 0 Å². The van der Waals surface area contributed by atoms with E-state index in [1.807, 2.05) is 56.3 Å². The van der Waals surface area contributed by atoms with Crippen molar-refractivity contribution < 1.29 is 13.6 Å². The summed E-state index contributed by atoms with van der Waals surface area (Å²) in [6.45, 7) is 4.03. The number of hydrogen-bond acceptors (Lipinski definition) is 7. The fourth-order valence-electron chi connectivity index (χ4n) is 2.67. The molecule has 7 heteroatoms. The second kappa shape index (κ2) is 7.48. The summed E-state index contributed by atoms with van der Waals surface area (Å²) in [4.78, 5) is 0. The molecule has 0 saturated carbocycles. The average molecular weight is 374 g/mol. The second-order valence-corrected chi connectivity index (χ2v) is 6.27. The van der Waals surface area contributed by atoms with E-state index in [9.17, 15) is 0 Å². The van der Waals surface area contributed by atoms with Gasteiger partial charge in [-0.25, -0.2) is 0 Å². The third-order valence-corrected chi connectivity index (χ3v) is 4.21. The summed E-state index contributed by atoms with van der Waals surface area (Å²) in [6, 6.07) is 13.5.